The molecule has 0 unspecified atom stereocenters. The number of nitrogens with one attached hydrogen (secondary N) is 2. The maximum absolute atomic E-state index is 12.9. The van der Waals surface area contributed by atoms with Crippen molar-refractivity contribution in [2.45, 2.75) is 38.6 Å². The lowest BCUT2D eigenvalue weighted by Crippen LogP contribution is -2.30. The molecule has 1 amide bonds. The first-order valence-electron chi connectivity index (χ1n) is 8.94. The van der Waals surface area contributed by atoms with E-state index in [4.69, 9.17) is 39.8 Å². The van der Waals surface area contributed by atoms with Gasteiger partial charge in [-0.25, -0.2) is 9.67 Å². The highest BCUT2D eigenvalue weighted by atomic mass is 35.5. The largest absolute Gasteiger partial charge is 0.295 e. The first kappa shape index (κ1) is 19.3. The van der Waals surface area contributed by atoms with Crippen LogP contribution >= 0.6 is 34.8 Å². The summed E-state index contributed by atoms with van der Waals surface area (Å²) in [4.78, 5) is 17.7. The zero-order chi connectivity index (χ0) is 20.0. The second kappa shape index (κ2) is 7.43. The molecule has 1 aliphatic carbocycles. The monoisotopic (exact) mass is 437 g/mol. The number of hydrogen-bond acceptors (Lipinski definition) is 4. The maximum Gasteiger partial charge on any atom is 0.270 e. The predicted octanol–water partition coefficient (Wildman–Crippen LogP) is 5.61. The fourth-order valence-corrected chi connectivity index (χ4v) is 3.95. The van der Waals surface area contributed by atoms with Crippen molar-refractivity contribution < 1.29 is 4.79 Å². The average Bonchev–Trinajstić information content (AvgIpc) is 3.38. The van der Waals surface area contributed by atoms with Gasteiger partial charge in [-0.05, 0) is 44.9 Å². The Bertz CT molecular complexity index is 1050. The lowest BCUT2D eigenvalue weighted by molar-refractivity contribution is 0.0964. The van der Waals surface area contributed by atoms with Crippen LogP contribution < -0.4 is 10.9 Å². The fraction of sp³-hybridized carbons (Fsp3) is 0.316. The van der Waals surface area contributed by atoms with E-state index in [0.717, 1.165) is 18.5 Å². The van der Waals surface area contributed by atoms with E-state index in [2.05, 4.69) is 16.0 Å². The molecule has 0 spiro atoms. The molecular weight excluding hydrogens is 421 g/mol. The van der Waals surface area contributed by atoms with Gasteiger partial charge in [0.05, 0.1) is 32.9 Å². The first-order valence-corrected chi connectivity index (χ1v) is 10.1. The zero-order valence-corrected chi connectivity index (χ0v) is 17.5. The molecule has 0 saturated heterocycles. The number of hydrogen-bond donors (Lipinski definition) is 2. The molecule has 1 aliphatic rings. The lowest BCUT2D eigenvalue weighted by atomic mass is 10.1. The van der Waals surface area contributed by atoms with Gasteiger partial charge in [0.15, 0.2) is 5.65 Å². The average molecular weight is 439 g/mol. The van der Waals surface area contributed by atoms with Crippen LogP contribution in [-0.2, 0) is 0 Å². The fourth-order valence-electron chi connectivity index (χ4n) is 3.04. The van der Waals surface area contributed by atoms with Gasteiger partial charge in [0.25, 0.3) is 5.91 Å². The second-order valence-corrected chi connectivity index (χ2v) is 8.36. The molecule has 6 nitrogen and oxygen atoms in total. The number of amides is 1. The third kappa shape index (κ3) is 3.64. The van der Waals surface area contributed by atoms with Gasteiger partial charge in [-0.15, -0.1) is 0 Å². The van der Waals surface area contributed by atoms with Crippen LogP contribution in [0.4, 0.5) is 5.69 Å². The summed E-state index contributed by atoms with van der Waals surface area (Å²) in [5.74, 6) is 0.0827. The Hall–Kier alpha value is -2.02. The molecule has 1 aromatic carbocycles. The van der Waals surface area contributed by atoms with Gasteiger partial charge in [0.1, 0.15) is 0 Å². The van der Waals surface area contributed by atoms with Gasteiger partial charge in [-0.3, -0.25) is 15.6 Å². The molecule has 1 fully saturated rings. The van der Waals surface area contributed by atoms with Gasteiger partial charge in [-0.2, -0.15) is 5.10 Å². The molecule has 1 saturated carbocycles. The number of hydrazine groups is 1. The van der Waals surface area contributed by atoms with Crippen molar-refractivity contribution in [2.75, 3.05) is 5.43 Å². The molecule has 2 heterocycles. The Labute approximate surface area is 177 Å². The number of nitrogens with zero attached hydrogens (tertiary/aromatic N) is 3. The SMILES string of the molecule is CC(C)n1ncc2c(C(=O)NNc3c(Cl)cc(Cl)cc3Cl)cc(C3CC3)nc21. The van der Waals surface area contributed by atoms with Gasteiger partial charge in [0.2, 0.25) is 0 Å². The van der Waals surface area contributed by atoms with Gasteiger partial charge < -0.3 is 0 Å². The van der Waals surface area contributed by atoms with E-state index >= 15 is 0 Å². The van der Waals surface area contributed by atoms with Crippen LogP contribution in [0.25, 0.3) is 11.0 Å². The quantitative estimate of drug-likeness (QED) is 0.508. The summed E-state index contributed by atoms with van der Waals surface area (Å²) in [6, 6.07) is 5.08. The summed E-state index contributed by atoms with van der Waals surface area (Å²) in [5, 5.41) is 6.14. The first-order chi connectivity index (χ1) is 13.3. The number of rotatable bonds is 5. The third-order valence-corrected chi connectivity index (χ3v) is 5.44. The van der Waals surface area contributed by atoms with Crippen molar-refractivity contribution in [1.29, 1.82) is 0 Å². The summed E-state index contributed by atoms with van der Waals surface area (Å²) in [7, 11) is 0. The minimum atomic E-state index is -0.320. The summed E-state index contributed by atoms with van der Waals surface area (Å²) >= 11 is 18.3. The summed E-state index contributed by atoms with van der Waals surface area (Å²) in [6.45, 7) is 4.06. The normalized spacial score (nSPS) is 13.9. The Morgan fingerprint density at radius 3 is 2.46 bits per heavy atom. The molecular formula is C19H18Cl3N5O. The Morgan fingerprint density at radius 1 is 1.18 bits per heavy atom. The van der Waals surface area contributed by atoms with Gasteiger partial charge in [-0.1, -0.05) is 34.8 Å². The minimum Gasteiger partial charge on any atom is -0.295 e. The van der Waals surface area contributed by atoms with Crippen molar-refractivity contribution in [3.05, 3.63) is 50.7 Å². The highest BCUT2D eigenvalue weighted by molar-refractivity contribution is 6.41. The number of halogens is 3. The molecule has 146 valence electrons. The van der Waals surface area contributed by atoms with Crippen molar-refractivity contribution >= 4 is 57.4 Å². The van der Waals surface area contributed by atoms with Crippen molar-refractivity contribution in [3.63, 3.8) is 0 Å². The number of carbonyl (C=O) groups excluding carboxylic acids is 1. The van der Waals surface area contributed by atoms with E-state index in [9.17, 15) is 4.79 Å². The number of pyridine rings is 1. The minimum absolute atomic E-state index is 0.139. The number of anilines is 1. The standard InChI is InChI=1S/C19H18Cl3N5O/c1-9(2)27-18-13(8-23-27)12(7-16(24-18)10-3-4-10)19(28)26-25-17-14(21)5-11(20)6-15(17)22/h5-10,25H,3-4H2,1-2H3,(H,26,28). The molecule has 3 aromatic rings. The van der Waals surface area contributed by atoms with E-state index in [1.54, 1.807) is 18.3 Å². The van der Waals surface area contributed by atoms with E-state index in [-0.39, 0.29) is 11.9 Å². The zero-order valence-electron chi connectivity index (χ0n) is 15.3. The van der Waals surface area contributed by atoms with Gasteiger partial charge >= 0.3 is 0 Å². The molecule has 4 rings (SSSR count). The van der Waals surface area contributed by atoms with Crippen LogP contribution in [0.2, 0.25) is 15.1 Å². The smallest absolute Gasteiger partial charge is 0.270 e. The third-order valence-electron chi connectivity index (χ3n) is 4.62. The van der Waals surface area contributed by atoms with Crippen LogP contribution in [0.3, 0.4) is 0 Å². The Morgan fingerprint density at radius 2 is 1.86 bits per heavy atom. The summed E-state index contributed by atoms with van der Waals surface area (Å²) in [5.41, 5.74) is 7.99. The molecule has 2 N–H and O–H groups in total. The van der Waals surface area contributed by atoms with Crippen LogP contribution in [0.1, 0.15) is 54.7 Å². The van der Waals surface area contributed by atoms with E-state index in [0.29, 0.717) is 43.3 Å². The van der Waals surface area contributed by atoms with E-state index < -0.39 is 0 Å². The molecule has 0 aliphatic heterocycles. The highest BCUT2D eigenvalue weighted by Gasteiger charge is 2.28. The van der Waals surface area contributed by atoms with Crippen LogP contribution in [0, 0.1) is 0 Å². The Balaban J connectivity index is 1.67. The topological polar surface area (TPSA) is 71.8 Å². The van der Waals surface area contributed by atoms with Crippen LogP contribution in [0.5, 0.6) is 0 Å². The van der Waals surface area contributed by atoms with Crippen LogP contribution in [0.15, 0.2) is 24.4 Å². The van der Waals surface area contributed by atoms with Crippen molar-refractivity contribution in [2.24, 2.45) is 0 Å². The number of aromatic nitrogens is 3. The van der Waals surface area contributed by atoms with E-state index in [1.807, 2.05) is 24.6 Å². The van der Waals surface area contributed by atoms with Crippen LogP contribution in [-0.4, -0.2) is 20.7 Å². The highest BCUT2D eigenvalue weighted by Crippen LogP contribution is 2.40. The molecule has 28 heavy (non-hydrogen) atoms. The number of carbonyl (C=O) groups is 1. The molecule has 2 aromatic heterocycles. The summed E-state index contributed by atoms with van der Waals surface area (Å²) < 4.78 is 1.83. The van der Waals surface area contributed by atoms with E-state index in [1.165, 1.54) is 0 Å². The Kier molecular flexibility index (Phi) is 5.12. The molecule has 0 atom stereocenters. The maximum atomic E-state index is 12.9. The second-order valence-electron chi connectivity index (χ2n) is 7.11. The molecule has 0 bridgehead atoms. The number of fused-ring (bicyclic) bond motifs is 1. The predicted molar refractivity (Wildman–Crippen MR) is 112 cm³/mol. The lowest BCUT2D eigenvalue weighted by Gasteiger charge is -2.13. The number of benzene rings is 1. The summed E-state index contributed by atoms with van der Waals surface area (Å²) in [6.07, 6.45) is 3.85. The molecule has 9 heteroatoms. The van der Waals surface area contributed by atoms with Gasteiger partial charge in [0, 0.05) is 22.7 Å². The molecule has 0 radical (unpaired) electrons. The van der Waals surface area contributed by atoms with Crippen molar-refractivity contribution in [1.82, 2.24) is 20.2 Å². The van der Waals surface area contributed by atoms with Crippen molar-refractivity contribution in [3.8, 4) is 0 Å².